The highest BCUT2D eigenvalue weighted by Gasteiger charge is 2.90. The van der Waals surface area contributed by atoms with E-state index in [0.717, 1.165) is 0 Å². The molecule has 1 nitrogen and oxygen atoms in total. The maximum atomic E-state index is 13.5. The number of allylic oxidation sites excluding steroid dienone is 1. The highest BCUT2D eigenvalue weighted by molar-refractivity contribution is 5.21. The number of alkyl halides is 13. The van der Waals surface area contributed by atoms with Crippen LogP contribution in [0.25, 0.3) is 0 Å². The van der Waals surface area contributed by atoms with Crippen molar-refractivity contribution < 1.29 is 62.2 Å². The van der Waals surface area contributed by atoms with Gasteiger partial charge in [-0.1, -0.05) is 42.5 Å². The highest BCUT2D eigenvalue weighted by Crippen LogP contribution is 2.60. The Bertz CT molecular complexity index is 737. The van der Waals surface area contributed by atoms with Crippen LogP contribution < -0.4 is 0 Å². The molecule has 172 valence electrons. The summed E-state index contributed by atoms with van der Waals surface area (Å²) in [5.74, 6) is -37.0. The second-order valence-electron chi connectivity index (χ2n) is 5.99. The lowest BCUT2D eigenvalue weighted by Crippen LogP contribution is -2.70. The van der Waals surface area contributed by atoms with Crippen LogP contribution in [-0.4, -0.2) is 40.9 Å². The lowest BCUT2D eigenvalue weighted by Gasteiger charge is -2.39. The molecule has 1 rings (SSSR count). The number of rotatable bonds is 8. The molecule has 0 fully saturated rings. The number of aliphatic hydroxyl groups excluding tert-OH is 1. The number of aliphatic hydroxyl groups is 1. The SMILES string of the molecule is OC(/C=C/CC(F)(F)C(F)(F)C(F)(F)C(F)(F)C(F)(F)C(F)(F)F)c1ccccc1. The summed E-state index contributed by atoms with van der Waals surface area (Å²) >= 11 is 0. The van der Waals surface area contributed by atoms with Crippen molar-refractivity contribution in [2.75, 3.05) is 0 Å². The predicted octanol–water partition coefficient (Wildman–Crippen LogP) is 6.41. The van der Waals surface area contributed by atoms with Gasteiger partial charge in [-0.25, -0.2) is 0 Å². The Morgan fingerprint density at radius 1 is 0.667 bits per heavy atom. The molecule has 30 heavy (non-hydrogen) atoms. The van der Waals surface area contributed by atoms with E-state index in [2.05, 4.69) is 0 Å². The topological polar surface area (TPSA) is 20.2 Å². The molecule has 0 aromatic heterocycles. The van der Waals surface area contributed by atoms with E-state index in [0.29, 0.717) is 6.08 Å². The van der Waals surface area contributed by atoms with Crippen LogP contribution >= 0.6 is 0 Å². The van der Waals surface area contributed by atoms with Gasteiger partial charge < -0.3 is 5.11 Å². The molecule has 1 aromatic rings. The first-order valence-corrected chi connectivity index (χ1v) is 7.59. The van der Waals surface area contributed by atoms with Gasteiger partial charge in [0, 0.05) is 6.42 Å². The maximum absolute atomic E-state index is 13.5. The molecule has 0 aliphatic heterocycles. The van der Waals surface area contributed by atoms with Crippen LogP contribution in [-0.2, 0) is 0 Å². The van der Waals surface area contributed by atoms with E-state index in [1.54, 1.807) is 0 Å². The molecule has 14 heteroatoms. The molecule has 1 atom stereocenters. The van der Waals surface area contributed by atoms with Crippen molar-refractivity contribution in [2.24, 2.45) is 0 Å². The molecule has 0 bridgehead atoms. The van der Waals surface area contributed by atoms with Gasteiger partial charge in [-0.15, -0.1) is 0 Å². The van der Waals surface area contributed by atoms with Crippen LogP contribution in [0.15, 0.2) is 42.5 Å². The molecule has 0 heterocycles. The Hall–Kier alpha value is -1.99. The molecular weight excluding hydrogens is 455 g/mol. The van der Waals surface area contributed by atoms with Crippen molar-refractivity contribution in [2.45, 2.75) is 48.3 Å². The smallest absolute Gasteiger partial charge is 0.384 e. The summed E-state index contributed by atoms with van der Waals surface area (Å²) in [6.45, 7) is 0. The largest absolute Gasteiger partial charge is 0.460 e. The van der Waals surface area contributed by atoms with E-state index in [9.17, 15) is 62.2 Å². The Labute approximate surface area is 159 Å². The molecule has 0 saturated carbocycles. The predicted molar refractivity (Wildman–Crippen MR) is 75.9 cm³/mol. The van der Waals surface area contributed by atoms with Gasteiger partial charge in [0.15, 0.2) is 0 Å². The molecule has 0 radical (unpaired) electrons. The Morgan fingerprint density at radius 3 is 1.53 bits per heavy atom. The minimum atomic E-state index is -7.92. The number of halogens is 13. The molecule has 0 aliphatic rings. The summed E-state index contributed by atoms with van der Waals surface area (Å²) in [7, 11) is 0. The van der Waals surface area contributed by atoms with E-state index in [1.165, 1.54) is 30.3 Å². The molecular formula is C16H11F13O. The second kappa shape index (κ2) is 7.93. The van der Waals surface area contributed by atoms with E-state index >= 15 is 0 Å². The van der Waals surface area contributed by atoms with Gasteiger partial charge in [0.05, 0.1) is 6.10 Å². The van der Waals surface area contributed by atoms with E-state index in [1.807, 2.05) is 0 Å². The third kappa shape index (κ3) is 4.23. The lowest BCUT2D eigenvalue weighted by molar-refractivity contribution is -0.439. The number of benzene rings is 1. The molecule has 0 amide bonds. The molecule has 0 saturated heterocycles. The van der Waals surface area contributed by atoms with Crippen LogP contribution in [0, 0.1) is 0 Å². The van der Waals surface area contributed by atoms with Crippen molar-refractivity contribution in [3.63, 3.8) is 0 Å². The van der Waals surface area contributed by atoms with Crippen LogP contribution in [0.3, 0.4) is 0 Å². The van der Waals surface area contributed by atoms with Gasteiger partial charge in [-0.3, -0.25) is 0 Å². The monoisotopic (exact) mass is 466 g/mol. The fourth-order valence-corrected chi connectivity index (χ4v) is 2.04. The van der Waals surface area contributed by atoms with Gasteiger partial charge in [0.2, 0.25) is 0 Å². The normalized spacial score (nSPS) is 16.2. The van der Waals surface area contributed by atoms with Crippen LogP contribution in [0.2, 0.25) is 0 Å². The van der Waals surface area contributed by atoms with Gasteiger partial charge in [0.1, 0.15) is 0 Å². The number of hydrogen-bond acceptors (Lipinski definition) is 1. The molecule has 1 N–H and O–H groups in total. The first-order chi connectivity index (χ1) is 13.2. The van der Waals surface area contributed by atoms with Gasteiger partial charge >= 0.3 is 35.8 Å². The molecule has 0 aliphatic carbocycles. The van der Waals surface area contributed by atoms with Gasteiger partial charge in [0.25, 0.3) is 0 Å². The number of hydrogen-bond donors (Lipinski definition) is 1. The molecule has 0 spiro atoms. The van der Waals surface area contributed by atoms with Crippen molar-refractivity contribution in [3.8, 4) is 0 Å². The van der Waals surface area contributed by atoms with Crippen LogP contribution in [0.4, 0.5) is 57.1 Å². The Morgan fingerprint density at radius 2 is 1.10 bits per heavy atom. The minimum absolute atomic E-state index is 0.0190. The fourth-order valence-electron chi connectivity index (χ4n) is 2.04. The van der Waals surface area contributed by atoms with Gasteiger partial charge in [-0.2, -0.15) is 57.1 Å². The summed E-state index contributed by atoms with van der Waals surface area (Å²) in [4.78, 5) is 0. The lowest BCUT2D eigenvalue weighted by atomic mass is 9.92. The standard InChI is InChI=1S/C16H11F13O/c17-11(18,8-4-7-10(30)9-5-2-1-3-6-9)12(19,20)13(21,22)14(23,24)15(25,26)16(27,28)29/h1-7,10,30H,8H2/b7-4+. The van der Waals surface area contributed by atoms with E-state index in [-0.39, 0.29) is 11.6 Å². The molecule has 1 unspecified atom stereocenters. The molecule has 1 aromatic carbocycles. The zero-order chi connectivity index (χ0) is 23.8. The van der Waals surface area contributed by atoms with Crippen LogP contribution in [0.5, 0.6) is 0 Å². The Kier molecular flexibility index (Phi) is 6.88. The van der Waals surface area contributed by atoms with E-state index < -0.39 is 48.3 Å². The first-order valence-electron chi connectivity index (χ1n) is 7.59. The summed E-state index contributed by atoms with van der Waals surface area (Å²) in [5.41, 5.74) is 0.0190. The quantitative estimate of drug-likeness (QED) is 0.347. The summed E-state index contributed by atoms with van der Waals surface area (Å²) in [6.07, 6.45) is -11.3. The summed E-state index contributed by atoms with van der Waals surface area (Å²) in [5, 5.41) is 9.59. The van der Waals surface area contributed by atoms with Gasteiger partial charge in [-0.05, 0) is 5.56 Å². The minimum Gasteiger partial charge on any atom is -0.384 e. The van der Waals surface area contributed by atoms with Crippen molar-refractivity contribution in [3.05, 3.63) is 48.0 Å². The summed E-state index contributed by atoms with van der Waals surface area (Å²) in [6, 6.07) is 6.65. The fraction of sp³-hybridized carbons (Fsp3) is 0.500. The third-order valence-electron chi connectivity index (χ3n) is 3.83. The van der Waals surface area contributed by atoms with E-state index in [4.69, 9.17) is 0 Å². The van der Waals surface area contributed by atoms with Crippen LogP contribution in [0.1, 0.15) is 18.1 Å². The zero-order valence-corrected chi connectivity index (χ0v) is 14.2. The Balaban J connectivity index is 3.18. The second-order valence-corrected chi connectivity index (χ2v) is 5.99. The first kappa shape index (κ1) is 26.0. The highest BCUT2D eigenvalue weighted by atomic mass is 19.4. The zero-order valence-electron chi connectivity index (χ0n) is 14.2. The summed E-state index contributed by atoms with van der Waals surface area (Å²) < 4.78 is 168. The maximum Gasteiger partial charge on any atom is 0.460 e. The van der Waals surface area contributed by atoms with Crippen molar-refractivity contribution in [1.29, 1.82) is 0 Å². The van der Waals surface area contributed by atoms with Crippen molar-refractivity contribution >= 4 is 0 Å². The average molecular weight is 466 g/mol. The average Bonchev–Trinajstić information content (AvgIpc) is 2.60. The third-order valence-corrected chi connectivity index (χ3v) is 3.83. The van der Waals surface area contributed by atoms with Crippen molar-refractivity contribution in [1.82, 2.24) is 0 Å².